The van der Waals surface area contributed by atoms with E-state index in [2.05, 4.69) is 42.3 Å². The van der Waals surface area contributed by atoms with Crippen LogP contribution in [0, 0.1) is 11.8 Å². The summed E-state index contributed by atoms with van der Waals surface area (Å²) in [5.41, 5.74) is 3.75. The van der Waals surface area contributed by atoms with Gasteiger partial charge in [-0.05, 0) is 50.1 Å². The van der Waals surface area contributed by atoms with E-state index < -0.39 is 6.04 Å². The first kappa shape index (κ1) is 27.2. The third-order valence-corrected chi connectivity index (χ3v) is 6.67. The van der Waals surface area contributed by atoms with Gasteiger partial charge in [-0.15, -0.1) is 0 Å². The van der Waals surface area contributed by atoms with Gasteiger partial charge in [0.1, 0.15) is 5.75 Å². The Bertz CT molecular complexity index is 1510. The van der Waals surface area contributed by atoms with Gasteiger partial charge in [0.2, 0.25) is 5.95 Å². The predicted octanol–water partition coefficient (Wildman–Crippen LogP) is 2.89. The van der Waals surface area contributed by atoms with Crippen LogP contribution in [0.5, 0.6) is 5.75 Å². The molecule has 2 aromatic heterocycles. The molecule has 1 aliphatic heterocycles. The number of anilines is 1. The van der Waals surface area contributed by atoms with E-state index in [0.717, 1.165) is 42.6 Å². The Morgan fingerprint density at radius 3 is 2.60 bits per heavy atom. The maximum Gasteiger partial charge on any atom is 0.255 e. The van der Waals surface area contributed by atoms with Gasteiger partial charge in [0.15, 0.2) is 0 Å². The highest BCUT2D eigenvalue weighted by molar-refractivity contribution is 5.97. The number of rotatable bonds is 8. The fourth-order valence-corrected chi connectivity index (χ4v) is 4.69. The Kier molecular flexibility index (Phi) is 8.59. The van der Waals surface area contributed by atoms with Gasteiger partial charge in [-0.1, -0.05) is 30.0 Å². The maximum atomic E-state index is 13.4. The van der Waals surface area contributed by atoms with Gasteiger partial charge in [0.05, 0.1) is 29.9 Å². The molecule has 0 unspecified atom stereocenters. The molecule has 1 saturated heterocycles. The third kappa shape index (κ3) is 6.60. The zero-order valence-corrected chi connectivity index (χ0v) is 22.8. The number of piperazine rings is 1. The Morgan fingerprint density at radius 1 is 1.10 bits per heavy atom. The van der Waals surface area contributed by atoms with Crippen LogP contribution in [0.25, 0.3) is 10.9 Å². The average molecular weight is 539 g/mol. The largest absolute Gasteiger partial charge is 0.490 e. The van der Waals surface area contributed by atoms with Gasteiger partial charge in [0.25, 0.3) is 5.91 Å². The highest BCUT2D eigenvalue weighted by Crippen LogP contribution is 2.23. The second-order valence-electron chi connectivity index (χ2n) is 10.1. The molecule has 1 aliphatic rings. The van der Waals surface area contributed by atoms with Crippen LogP contribution < -0.4 is 20.3 Å². The van der Waals surface area contributed by atoms with Gasteiger partial charge in [-0.25, -0.2) is 9.97 Å². The molecule has 40 heavy (non-hydrogen) atoms. The lowest BCUT2D eigenvalue weighted by atomic mass is 10.0. The number of aromatic amines is 1. The second-order valence-corrected chi connectivity index (χ2v) is 10.1. The number of carbonyl (C=O) groups excluding carboxylic acids is 1. The third-order valence-electron chi connectivity index (χ3n) is 6.67. The molecule has 206 valence electrons. The topological polar surface area (TPSA) is 115 Å². The Balaban J connectivity index is 1.33. The molecule has 9 heteroatoms. The van der Waals surface area contributed by atoms with E-state index in [9.17, 15) is 9.90 Å². The summed E-state index contributed by atoms with van der Waals surface area (Å²) in [4.78, 5) is 27.8. The molecule has 4 N–H and O–H groups in total. The van der Waals surface area contributed by atoms with Crippen molar-refractivity contribution in [2.45, 2.75) is 32.4 Å². The van der Waals surface area contributed by atoms with Gasteiger partial charge in [-0.2, -0.15) is 0 Å². The quantitative estimate of drug-likeness (QED) is 0.255. The zero-order valence-electron chi connectivity index (χ0n) is 22.8. The number of aliphatic hydroxyl groups is 1. The molecule has 1 atom stereocenters. The smallest absolute Gasteiger partial charge is 0.255 e. The van der Waals surface area contributed by atoms with Crippen molar-refractivity contribution in [3.63, 3.8) is 0 Å². The number of hydrogen-bond acceptors (Lipinski definition) is 7. The molecule has 1 fully saturated rings. The predicted molar refractivity (Wildman–Crippen MR) is 156 cm³/mol. The van der Waals surface area contributed by atoms with Gasteiger partial charge in [0, 0.05) is 61.2 Å². The van der Waals surface area contributed by atoms with Crippen molar-refractivity contribution in [1.29, 1.82) is 0 Å². The molecule has 9 nitrogen and oxygen atoms in total. The number of hydrogen-bond donors (Lipinski definition) is 4. The lowest BCUT2D eigenvalue weighted by Gasteiger charge is -2.27. The zero-order chi connectivity index (χ0) is 27.9. The molecule has 1 amide bonds. The van der Waals surface area contributed by atoms with Crippen molar-refractivity contribution in [3.05, 3.63) is 83.3 Å². The Hall–Kier alpha value is -4.39. The summed E-state index contributed by atoms with van der Waals surface area (Å²) < 4.78 is 5.93. The van der Waals surface area contributed by atoms with Gasteiger partial charge < -0.3 is 30.4 Å². The molecule has 0 spiro atoms. The maximum absolute atomic E-state index is 13.4. The molecule has 0 radical (unpaired) electrons. The van der Waals surface area contributed by atoms with Crippen molar-refractivity contribution in [2.75, 3.05) is 37.7 Å². The minimum absolute atomic E-state index is 0.116. The number of para-hydroxylation sites is 1. The summed E-state index contributed by atoms with van der Waals surface area (Å²) in [7, 11) is 0. The van der Waals surface area contributed by atoms with Crippen molar-refractivity contribution >= 4 is 22.8 Å². The molecule has 0 bridgehead atoms. The highest BCUT2D eigenvalue weighted by atomic mass is 16.5. The number of benzene rings is 2. The summed E-state index contributed by atoms with van der Waals surface area (Å²) in [5, 5.41) is 17.4. The van der Waals surface area contributed by atoms with E-state index >= 15 is 0 Å². The van der Waals surface area contributed by atoms with Crippen LogP contribution in [0.1, 0.15) is 40.9 Å². The van der Waals surface area contributed by atoms with E-state index in [0.29, 0.717) is 34.8 Å². The number of aromatic nitrogens is 3. The summed E-state index contributed by atoms with van der Waals surface area (Å²) in [6, 6.07) is 12.8. The first-order valence-electron chi connectivity index (χ1n) is 13.6. The number of carbonyl (C=O) groups is 1. The normalized spacial score (nSPS) is 14.1. The van der Waals surface area contributed by atoms with Gasteiger partial charge in [-0.3, -0.25) is 4.79 Å². The first-order chi connectivity index (χ1) is 19.5. The molecular formula is C31H34N6O3. The highest BCUT2D eigenvalue weighted by Gasteiger charge is 2.20. The summed E-state index contributed by atoms with van der Waals surface area (Å²) in [6.45, 7) is 7.20. The van der Waals surface area contributed by atoms with Crippen molar-refractivity contribution in [2.24, 2.45) is 0 Å². The van der Waals surface area contributed by atoms with Crippen LogP contribution in [0.4, 0.5) is 5.95 Å². The summed E-state index contributed by atoms with van der Waals surface area (Å²) in [6.07, 6.45) is 5.73. The second kappa shape index (κ2) is 12.6. The van der Waals surface area contributed by atoms with Gasteiger partial charge >= 0.3 is 0 Å². The van der Waals surface area contributed by atoms with Crippen LogP contribution in [0.2, 0.25) is 0 Å². The summed E-state index contributed by atoms with van der Waals surface area (Å²) in [5.74, 6) is 7.04. The van der Waals surface area contributed by atoms with E-state index in [1.54, 1.807) is 24.5 Å². The van der Waals surface area contributed by atoms with Crippen molar-refractivity contribution < 1.29 is 14.6 Å². The average Bonchev–Trinajstić information content (AvgIpc) is 3.39. The molecule has 0 aliphatic carbocycles. The van der Waals surface area contributed by atoms with E-state index in [1.807, 2.05) is 50.4 Å². The fraction of sp³-hybridized carbons (Fsp3) is 0.323. The van der Waals surface area contributed by atoms with Crippen molar-refractivity contribution in [1.82, 2.24) is 25.6 Å². The van der Waals surface area contributed by atoms with E-state index in [1.165, 1.54) is 0 Å². The monoisotopic (exact) mass is 538 g/mol. The lowest BCUT2D eigenvalue weighted by Crippen LogP contribution is -2.44. The molecular weight excluding hydrogens is 504 g/mol. The van der Waals surface area contributed by atoms with E-state index in [-0.39, 0.29) is 18.6 Å². The number of amides is 1. The number of nitrogens with zero attached hydrogens (tertiary/aromatic N) is 3. The van der Waals surface area contributed by atoms with Crippen LogP contribution >= 0.6 is 0 Å². The van der Waals surface area contributed by atoms with Crippen LogP contribution in [-0.4, -0.2) is 70.9 Å². The van der Waals surface area contributed by atoms with Crippen LogP contribution in [-0.2, 0) is 6.42 Å². The molecule has 4 aromatic rings. The molecule has 0 saturated carbocycles. The van der Waals surface area contributed by atoms with Crippen LogP contribution in [0.3, 0.4) is 0 Å². The minimum Gasteiger partial charge on any atom is -0.490 e. The molecule has 3 heterocycles. The molecule has 2 aromatic carbocycles. The molecule has 5 rings (SSSR count). The number of H-pyrrole nitrogens is 1. The van der Waals surface area contributed by atoms with E-state index in [4.69, 9.17) is 4.74 Å². The number of fused-ring (bicyclic) bond motifs is 1. The van der Waals surface area contributed by atoms with Crippen molar-refractivity contribution in [3.8, 4) is 17.6 Å². The number of aliphatic hydroxyl groups excluding tert-OH is 1. The number of nitrogens with one attached hydrogen (secondary N) is 3. The Labute approximate surface area is 234 Å². The number of ether oxygens (including phenoxy) is 1. The van der Waals surface area contributed by atoms with Crippen LogP contribution in [0.15, 0.2) is 61.1 Å². The first-order valence-corrected chi connectivity index (χ1v) is 13.6. The Morgan fingerprint density at radius 2 is 1.85 bits per heavy atom. The standard InChI is InChI=1S/C31H34N6O3/c1-21(2)40-29-10-9-22(7-8-23-17-34-31(35-18-23)37-13-11-32-12-14-37)15-27(29)30(39)36-25(20-38)16-24-19-33-28-6-4-3-5-26(24)28/h3-6,9-10,15,17-19,21,25,32-33,38H,11-14,16,20H2,1-2H3,(H,36,39)/t25-/m1/s1. The minimum atomic E-state index is -0.473. The fourth-order valence-electron chi connectivity index (χ4n) is 4.69. The SMILES string of the molecule is CC(C)Oc1ccc(C#Cc2cnc(N3CCNCC3)nc2)cc1C(=O)N[C@@H](CO)Cc1c[nH]c2ccccc12. The summed E-state index contributed by atoms with van der Waals surface area (Å²) >= 11 is 0. The lowest BCUT2D eigenvalue weighted by molar-refractivity contribution is 0.0910.